The number of fused-ring (bicyclic) bond motifs is 1. The average molecular weight is 488 g/mol. The largest absolute Gasteiger partial charge is 0.507 e. The fourth-order valence-electron chi connectivity index (χ4n) is 4.53. The number of carbonyl (C=O) groups is 1. The molecule has 0 aliphatic carbocycles. The van der Waals surface area contributed by atoms with Crippen LogP contribution in [-0.4, -0.2) is 39.8 Å². The van der Waals surface area contributed by atoms with Crippen LogP contribution in [0.2, 0.25) is 0 Å². The zero-order valence-electron chi connectivity index (χ0n) is 20.5. The number of phenols is 1. The molecule has 0 radical (unpaired) electrons. The Balaban J connectivity index is 1.59. The lowest BCUT2D eigenvalue weighted by molar-refractivity contribution is 0.0716. The number of methoxy groups -OCH3 is 1. The number of furan rings is 1. The van der Waals surface area contributed by atoms with Crippen LogP contribution in [0, 0.1) is 5.92 Å². The topological polar surface area (TPSA) is 101 Å². The monoisotopic (exact) mass is 487 g/mol. The molecular formula is C28H29N3O5. The molecule has 8 heteroatoms. The number of aromatic amines is 1. The first kappa shape index (κ1) is 23.5. The average Bonchev–Trinajstić information content (AvgIpc) is 3.59. The maximum Gasteiger partial charge on any atom is 0.273 e. The van der Waals surface area contributed by atoms with Gasteiger partial charge in [0.15, 0.2) is 11.5 Å². The predicted octanol–water partition coefficient (Wildman–Crippen LogP) is 5.55. The van der Waals surface area contributed by atoms with Crippen molar-refractivity contribution < 1.29 is 23.8 Å². The lowest BCUT2D eigenvalue weighted by Crippen LogP contribution is -2.29. The lowest BCUT2D eigenvalue weighted by atomic mass is 9.95. The summed E-state index contributed by atoms with van der Waals surface area (Å²) in [6.45, 7) is 5.16. The van der Waals surface area contributed by atoms with Crippen molar-refractivity contribution in [2.24, 2.45) is 5.92 Å². The number of nitrogens with zero attached hydrogens (tertiary/aromatic N) is 2. The van der Waals surface area contributed by atoms with Gasteiger partial charge in [0.1, 0.15) is 22.9 Å². The van der Waals surface area contributed by atoms with Crippen LogP contribution in [0.25, 0.3) is 11.3 Å². The smallest absolute Gasteiger partial charge is 0.273 e. The second kappa shape index (κ2) is 9.81. The van der Waals surface area contributed by atoms with Crippen LogP contribution >= 0.6 is 0 Å². The molecule has 2 aromatic heterocycles. The first-order chi connectivity index (χ1) is 17.5. The molecule has 0 saturated carbocycles. The first-order valence-electron chi connectivity index (χ1n) is 12.0. The van der Waals surface area contributed by atoms with E-state index in [9.17, 15) is 9.90 Å². The molecule has 0 spiro atoms. The molecule has 186 valence electrons. The minimum atomic E-state index is -0.482. The molecule has 3 heterocycles. The fraction of sp³-hybridized carbons (Fsp3) is 0.286. The Morgan fingerprint density at radius 3 is 2.69 bits per heavy atom. The number of nitrogens with one attached hydrogen (secondary N) is 1. The molecular weight excluding hydrogens is 458 g/mol. The van der Waals surface area contributed by atoms with Gasteiger partial charge in [-0.2, -0.15) is 5.10 Å². The number of ether oxygens (including phenoxy) is 2. The van der Waals surface area contributed by atoms with Crippen molar-refractivity contribution in [3.63, 3.8) is 0 Å². The van der Waals surface area contributed by atoms with E-state index in [4.69, 9.17) is 13.9 Å². The van der Waals surface area contributed by atoms with Gasteiger partial charge in [0, 0.05) is 11.1 Å². The van der Waals surface area contributed by atoms with Crippen LogP contribution in [0.4, 0.5) is 0 Å². The van der Waals surface area contributed by atoms with Gasteiger partial charge in [0.05, 0.1) is 32.6 Å². The number of hydrogen-bond donors (Lipinski definition) is 2. The highest BCUT2D eigenvalue weighted by Crippen LogP contribution is 2.46. The molecule has 1 amide bonds. The Kier molecular flexibility index (Phi) is 6.41. The van der Waals surface area contributed by atoms with Gasteiger partial charge >= 0.3 is 0 Å². The maximum absolute atomic E-state index is 13.6. The van der Waals surface area contributed by atoms with Gasteiger partial charge < -0.3 is 23.9 Å². The van der Waals surface area contributed by atoms with Crippen molar-refractivity contribution in [1.82, 2.24) is 15.1 Å². The third kappa shape index (κ3) is 4.30. The summed E-state index contributed by atoms with van der Waals surface area (Å²) in [4.78, 5) is 15.3. The van der Waals surface area contributed by atoms with Gasteiger partial charge in [0.25, 0.3) is 5.91 Å². The summed E-state index contributed by atoms with van der Waals surface area (Å²) in [6.07, 6.45) is 2.52. The lowest BCUT2D eigenvalue weighted by Gasteiger charge is -2.26. The van der Waals surface area contributed by atoms with Crippen molar-refractivity contribution in [3.05, 3.63) is 83.4 Å². The minimum Gasteiger partial charge on any atom is -0.507 e. The highest BCUT2D eigenvalue weighted by molar-refractivity contribution is 6.00. The summed E-state index contributed by atoms with van der Waals surface area (Å²) < 4.78 is 17.2. The molecule has 5 rings (SSSR count). The van der Waals surface area contributed by atoms with E-state index in [2.05, 4.69) is 24.0 Å². The molecule has 2 N–H and O–H groups in total. The van der Waals surface area contributed by atoms with Crippen LogP contribution in [0.15, 0.2) is 65.3 Å². The van der Waals surface area contributed by atoms with E-state index in [-0.39, 0.29) is 18.2 Å². The van der Waals surface area contributed by atoms with Crippen molar-refractivity contribution >= 4 is 5.91 Å². The third-order valence-corrected chi connectivity index (χ3v) is 6.39. The number of H-pyrrole nitrogens is 1. The number of carbonyl (C=O) groups excluding carboxylic acids is 1. The van der Waals surface area contributed by atoms with Gasteiger partial charge in [-0.3, -0.25) is 9.89 Å². The number of para-hydroxylation sites is 1. The van der Waals surface area contributed by atoms with Crippen molar-refractivity contribution in [3.8, 4) is 28.5 Å². The van der Waals surface area contributed by atoms with E-state index in [0.29, 0.717) is 52.3 Å². The summed E-state index contributed by atoms with van der Waals surface area (Å²) in [5.74, 6) is 2.32. The number of aromatic hydroxyl groups is 1. The Hall–Kier alpha value is -4.20. The van der Waals surface area contributed by atoms with Crippen LogP contribution in [0.1, 0.15) is 53.7 Å². The second-order valence-corrected chi connectivity index (χ2v) is 9.23. The number of hydrogen-bond acceptors (Lipinski definition) is 6. The number of aromatic nitrogens is 2. The van der Waals surface area contributed by atoms with Crippen LogP contribution in [-0.2, 0) is 6.54 Å². The number of rotatable bonds is 9. The highest BCUT2D eigenvalue weighted by atomic mass is 16.5. The SMILES string of the molecule is COc1cc(C2c3c(-c4ccccc4O)n[nH]c3C(=O)N2Cc2ccco2)ccc1OCCC(C)C. The van der Waals surface area contributed by atoms with Gasteiger partial charge in [0.2, 0.25) is 0 Å². The van der Waals surface area contributed by atoms with Crippen molar-refractivity contribution in [2.45, 2.75) is 32.9 Å². The molecule has 0 bridgehead atoms. The van der Waals surface area contributed by atoms with Gasteiger partial charge in [-0.05, 0) is 54.3 Å². The zero-order valence-corrected chi connectivity index (χ0v) is 20.5. The summed E-state index contributed by atoms with van der Waals surface area (Å²) in [5.41, 5.74) is 3.00. The molecule has 4 aromatic rings. The predicted molar refractivity (Wildman–Crippen MR) is 134 cm³/mol. The normalized spacial score (nSPS) is 14.9. The Morgan fingerprint density at radius 1 is 1.14 bits per heavy atom. The summed E-state index contributed by atoms with van der Waals surface area (Å²) in [7, 11) is 1.60. The standard InChI is InChI=1S/C28H29N3O5/c1-17(2)12-14-36-22-11-10-18(15-23(22)34-3)27-24-25(20-8-4-5-9-21(20)32)29-30-26(24)28(33)31(27)16-19-7-6-13-35-19/h4-11,13,15,17,27,32H,12,14,16H2,1-3H3,(H,29,30). The quantitative estimate of drug-likeness (QED) is 0.321. The first-order valence-corrected chi connectivity index (χ1v) is 12.0. The van der Waals surface area contributed by atoms with E-state index in [1.165, 1.54) is 0 Å². The summed E-state index contributed by atoms with van der Waals surface area (Å²) >= 11 is 0. The summed E-state index contributed by atoms with van der Waals surface area (Å²) in [6, 6.07) is 15.8. The molecule has 8 nitrogen and oxygen atoms in total. The van der Waals surface area contributed by atoms with Gasteiger partial charge in [-0.25, -0.2) is 0 Å². The van der Waals surface area contributed by atoms with E-state index < -0.39 is 6.04 Å². The highest BCUT2D eigenvalue weighted by Gasteiger charge is 2.43. The fourth-order valence-corrected chi connectivity index (χ4v) is 4.53. The Bertz CT molecular complexity index is 1360. The molecule has 1 aliphatic heterocycles. The van der Waals surface area contributed by atoms with E-state index >= 15 is 0 Å². The molecule has 36 heavy (non-hydrogen) atoms. The third-order valence-electron chi connectivity index (χ3n) is 6.39. The van der Waals surface area contributed by atoms with Crippen molar-refractivity contribution in [1.29, 1.82) is 0 Å². The van der Waals surface area contributed by atoms with Crippen molar-refractivity contribution in [2.75, 3.05) is 13.7 Å². The van der Waals surface area contributed by atoms with Crippen LogP contribution in [0.5, 0.6) is 17.2 Å². The Morgan fingerprint density at radius 2 is 1.97 bits per heavy atom. The number of amides is 1. The van der Waals surface area contributed by atoms with E-state index in [1.807, 2.05) is 30.3 Å². The van der Waals surface area contributed by atoms with Gasteiger partial charge in [-0.1, -0.05) is 32.0 Å². The minimum absolute atomic E-state index is 0.0916. The second-order valence-electron chi connectivity index (χ2n) is 9.23. The van der Waals surface area contributed by atoms with E-state index in [0.717, 1.165) is 12.0 Å². The van der Waals surface area contributed by atoms with Crippen LogP contribution in [0.3, 0.4) is 0 Å². The molecule has 1 atom stereocenters. The molecule has 1 aliphatic rings. The molecule has 1 unspecified atom stereocenters. The number of phenolic OH excluding ortho intramolecular Hbond substituents is 1. The maximum atomic E-state index is 13.6. The number of benzene rings is 2. The molecule has 2 aromatic carbocycles. The van der Waals surface area contributed by atoms with Gasteiger partial charge in [-0.15, -0.1) is 0 Å². The van der Waals surface area contributed by atoms with Crippen LogP contribution < -0.4 is 9.47 Å². The Labute approximate surface area is 209 Å². The molecule has 0 saturated heterocycles. The molecule has 0 fully saturated rings. The summed E-state index contributed by atoms with van der Waals surface area (Å²) in [5, 5.41) is 17.9. The van der Waals surface area contributed by atoms with E-state index in [1.54, 1.807) is 42.5 Å². The zero-order chi connectivity index (χ0) is 25.2.